The number of amides is 1. The van der Waals surface area contributed by atoms with Gasteiger partial charge in [0.25, 0.3) is 5.88 Å². The summed E-state index contributed by atoms with van der Waals surface area (Å²) in [5, 5.41) is 20.4. The van der Waals surface area contributed by atoms with Crippen molar-refractivity contribution in [2.45, 2.75) is 96.9 Å². The fraction of sp³-hybridized carbons (Fsp3) is 0.690. The molecule has 4 heterocycles. The molecule has 0 saturated carbocycles. The molecule has 4 rings (SSSR count). The van der Waals surface area contributed by atoms with E-state index in [2.05, 4.69) is 25.7 Å². The number of nitrogens with zero attached hydrogens (tertiary/aromatic N) is 7. The molecule has 0 spiro atoms. The number of hydrogen-bond donors (Lipinski definition) is 3. The number of hydrogen-bond acceptors (Lipinski definition) is 11. The predicted molar refractivity (Wildman–Crippen MR) is 164 cm³/mol. The fourth-order valence-electron chi connectivity index (χ4n) is 4.66. The summed E-state index contributed by atoms with van der Waals surface area (Å²) < 4.78 is 35.4. The van der Waals surface area contributed by atoms with Crippen LogP contribution in [-0.2, 0) is 23.1 Å². The van der Waals surface area contributed by atoms with E-state index in [4.69, 9.17) is 19.2 Å². The molecule has 2 atom stereocenters. The fourth-order valence-corrected chi connectivity index (χ4v) is 4.66. The summed E-state index contributed by atoms with van der Waals surface area (Å²) in [5.41, 5.74) is -0.273. The first-order valence-corrected chi connectivity index (χ1v) is 14.8. The standard InChI is InChI=1S/C29H46FN9O5/c1-27(2,3)44-26(40)33-19-15-38(14-18(19)30)25-34-22(21-23(35-25)37(8)17-31-21)32-20-16-39(36-24(20)42-9)12-10-29(6,7)43-13-11-28(4,5)41/h16-19,41H,10-15H2,1-9H3,(H,33,40)(H,32,34,35)/t18-,19-/m1/s1. The summed E-state index contributed by atoms with van der Waals surface area (Å²) in [5.74, 6) is 1.05. The van der Waals surface area contributed by atoms with E-state index < -0.39 is 35.1 Å². The minimum atomic E-state index is -1.34. The lowest BCUT2D eigenvalue weighted by molar-refractivity contribution is -0.0521. The van der Waals surface area contributed by atoms with Crippen LogP contribution in [0.2, 0.25) is 0 Å². The normalized spacial score (nSPS) is 17.8. The molecule has 44 heavy (non-hydrogen) atoms. The molecule has 0 unspecified atom stereocenters. The van der Waals surface area contributed by atoms with Crippen molar-refractivity contribution in [2.24, 2.45) is 7.05 Å². The molecule has 1 aliphatic rings. The molecule has 1 saturated heterocycles. The number of imidazole rings is 1. The monoisotopic (exact) mass is 619 g/mol. The molecule has 0 aliphatic carbocycles. The van der Waals surface area contributed by atoms with Gasteiger partial charge in [0.05, 0.1) is 50.0 Å². The molecule has 1 amide bonds. The number of ether oxygens (including phenoxy) is 3. The molecule has 14 nitrogen and oxygen atoms in total. The molecular formula is C29H46FN9O5. The van der Waals surface area contributed by atoms with E-state index in [0.29, 0.717) is 54.5 Å². The van der Waals surface area contributed by atoms with Gasteiger partial charge in [0.1, 0.15) is 17.5 Å². The first-order chi connectivity index (χ1) is 20.4. The van der Waals surface area contributed by atoms with Gasteiger partial charge in [-0.1, -0.05) is 0 Å². The number of aliphatic hydroxyl groups is 1. The first-order valence-electron chi connectivity index (χ1n) is 14.8. The molecule has 0 aromatic carbocycles. The van der Waals surface area contributed by atoms with Crippen molar-refractivity contribution >= 4 is 34.7 Å². The second kappa shape index (κ2) is 12.7. The quantitative estimate of drug-likeness (QED) is 0.272. The Balaban J connectivity index is 1.50. The van der Waals surface area contributed by atoms with Gasteiger partial charge in [-0.2, -0.15) is 9.97 Å². The van der Waals surface area contributed by atoms with Crippen molar-refractivity contribution < 1.29 is 28.5 Å². The molecule has 3 aromatic heterocycles. The topological polar surface area (TPSA) is 154 Å². The number of fused-ring (bicyclic) bond motifs is 1. The minimum absolute atomic E-state index is 0.00181. The minimum Gasteiger partial charge on any atom is -0.478 e. The van der Waals surface area contributed by atoms with E-state index in [0.717, 1.165) is 0 Å². The summed E-state index contributed by atoms with van der Waals surface area (Å²) >= 11 is 0. The molecule has 1 aliphatic heterocycles. The van der Waals surface area contributed by atoms with Crippen LogP contribution in [0.3, 0.4) is 0 Å². The lowest BCUT2D eigenvalue weighted by atomic mass is 10.0. The maximum absolute atomic E-state index is 15.0. The Morgan fingerprint density at radius 3 is 2.52 bits per heavy atom. The lowest BCUT2D eigenvalue weighted by Crippen LogP contribution is -2.44. The van der Waals surface area contributed by atoms with Crippen LogP contribution >= 0.6 is 0 Å². The van der Waals surface area contributed by atoms with E-state index in [1.807, 2.05) is 27.1 Å². The molecule has 1 fully saturated rings. The highest BCUT2D eigenvalue weighted by atomic mass is 19.1. The van der Waals surface area contributed by atoms with Gasteiger partial charge >= 0.3 is 6.09 Å². The van der Waals surface area contributed by atoms with Gasteiger partial charge in [0.2, 0.25) is 5.95 Å². The number of halogens is 1. The smallest absolute Gasteiger partial charge is 0.408 e. The largest absolute Gasteiger partial charge is 0.478 e. The summed E-state index contributed by atoms with van der Waals surface area (Å²) in [4.78, 5) is 27.8. The number of alkyl carbamates (subject to hydrolysis) is 1. The van der Waals surface area contributed by atoms with E-state index >= 15 is 4.39 Å². The van der Waals surface area contributed by atoms with Gasteiger partial charge in [0.15, 0.2) is 17.0 Å². The first kappa shape index (κ1) is 33.2. The van der Waals surface area contributed by atoms with Gasteiger partial charge < -0.3 is 39.4 Å². The molecule has 0 radical (unpaired) electrons. The Morgan fingerprint density at radius 2 is 1.86 bits per heavy atom. The second-order valence-corrected chi connectivity index (χ2v) is 13.4. The van der Waals surface area contributed by atoms with Crippen molar-refractivity contribution in [1.29, 1.82) is 0 Å². The summed E-state index contributed by atoms with van der Waals surface area (Å²) in [7, 11) is 3.35. The van der Waals surface area contributed by atoms with Crippen molar-refractivity contribution in [3.63, 3.8) is 0 Å². The average Bonchev–Trinajstić information content (AvgIpc) is 3.58. The third kappa shape index (κ3) is 8.68. The predicted octanol–water partition coefficient (Wildman–Crippen LogP) is 3.71. The Kier molecular flexibility index (Phi) is 9.59. The molecular weight excluding hydrogens is 573 g/mol. The lowest BCUT2D eigenvalue weighted by Gasteiger charge is -2.27. The van der Waals surface area contributed by atoms with Gasteiger partial charge in [-0.3, -0.25) is 4.68 Å². The van der Waals surface area contributed by atoms with Crippen molar-refractivity contribution in [3.05, 3.63) is 12.5 Å². The summed E-state index contributed by atoms with van der Waals surface area (Å²) in [6.07, 6.45) is 2.63. The van der Waals surface area contributed by atoms with Crippen LogP contribution in [0.15, 0.2) is 12.5 Å². The van der Waals surface area contributed by atoms with Crippen LogP contribution in [0.25, 0.3) is 11.2 Å². The average molecular weight is 620 g/mol. The molecule has 0 bridgehead atoms. The van der Waals surface area contributed by atoms with E-state index in [-0.39, 0.29) is 19.0 Å². The Labute approximate surface area is 257 Å². The SMILES string of the molecule is COc1nn(CCC(C)(C)OCCC(C)(C)O)cc1Nc1nc(N2C[C@@H](F)[C@H](NC(=O)OC(C)(C)C)C2)nc2c1ncn2C. The highest BCUT2D eigenvalue weighted by molar-refractivity contribution is 5.87. The molecule has 3 N–H and O–H groups in total. The number of aromatic nitrogens is 6. The number of aryl methyl sites for hydroxylation is 2. The zero-order valence-corrected chi connectivity index (χ0v) is 27.1. The summed E-state index contributed by atoms with van der Waals surface area (Å²) in [6.45, 7) is 13.9. The maximum Gasteiger partial charge on any atom is 0.408 e. The zero-order valence-electron chi connectivity index (χ0n) is 27.1. The third-order valence-electron chi connectivity index (χ3n) is 7.11. The van der Waals surface area contributed by atoms with Crippen LogP contribution in [-0.4, -0.2) is 96.3 Å². The van der Waals surface area contributed by atoms with Crippen molar-refractivity contribution in [2.75, 3.05) is 37.0 Å². The third-order valence-corrected chi connectivity index (χ3v) is 7.11. The Hall–Kier alpha value is -3.72. The summed E-state index contributed by atoms with van der Waals surface area (Å²) in [6, 6.07) is -0.784. The number of rotatable bonds is 12. The van der Waals surface area contributed by atoms with Crippen LogP contribution in [0.4, 0.5) is 26.6 Å². The zero-order chi connectivity index (χ0) is 32.4. The van der Waals surface area contributed by atoms with E-state index in [1.54, 1.807) is 55.1 Å². The van der Waals surface area contributed by atoms with Gasteiger partial charge in [-0.05, 0) is 61.3 Å². The molecule has 3 aromatic rings. The highest BCUT2D eigenvalue weighted by Gasteiger charge is 2.37. The van der Waals surface area contributed by atoms with Gasteiger partial charge in [-0.25, -0.2) is 14.2 Å². The van der Waals surface area contributed by atoms with Crippen LogP contribution in [0.5, 0.6) is 5.88 Å². The number of nitrogens with one attached hydrogen (secondary N) is 2. The van der Waals surface area contributed by atoms with Gasteiger partial charge in [0, 0.05) is 20.1 Å². The van der Waals surface area contributed by atoms with E-state index in [1.165, 1.54) is 7.11 Å². The van der Waals surface area contributed by atoms with Crippen LogP contribution < -0.4 is 20.3 Å². The number of alkyl halides is 1. The number of carbonyl (C=O) groups excluding carboxylic acids is 1. The number of carbonyl (C=O) groups is 1. The van der Waals surface area contributed by atoms with E-state index in [9.17, 15) is 9.90 Å². The van der Waals surface area contributed by atoms with Gasteiger partial charge in [-0.15, -0.1) is 5.10 Å². The second-order valence-electron chi connectivity index (χ2n) is 13.4. The Bertz CT molecular complexity index is 1440. The maximum atomic E-state index is 15.0. The van der Waals surface area contributed by atoms with Crippen LogP contribution in [0, 0.1) is 0 Å². The molecule has 244 valence electrons. The van der Waals surface area contributed by atoms with Crippen molar-refractivity contribution in [3.8, 4) is 5.88 Å². The number of methoxy groups -OCH3 is 1. The number of anilines is 3. The van der Waals surface area contributed by atoms with Crippen LogP contribution in [0.1, 0.15) is 61.3 Å². The molecule has 15 heteroatoms. The highest BCUT2D eigenvalue weighted by Crippen LogP contribution is 2.31. The van der Waals surface area contributed by atoms with Crippen molar-refractivity contribution in [1.82, 2.24) is 34.6 Å². The Morgan fingerprint density at radius 1 is 1.14 bits per heavy atom.